The van der Waals surface area contributed by atoms with Gasteiger partial charge in [-0.05, 0) is 25.0 Å². The van der Waals surface area contributed by atoms with Crippen molar-refractivity contribution in [1.82, 2.24) is 0 Å². The van der Waals surface area contributed by atoms with Gasteiger partial charge < -0.3 is 5.73 Å². The van der Waals surface area contributed by atoms with E-state index in [1.807, 2.05) is 0 Å². The smallest absolute Gasteiger partial charge is 0.242 e. The van der Waals surface area contributed by atoms with Gasteiger partial charge in [0, 0.05) is 0 Å². The molecule has 7 heteroatoms. The second kappa shape index (κ2) is 5.86. The molecule has 1 rings (SSSR count). The SMILES string of the molecule is CCC(C(N)=S)S(=O)(=O)Nc1c(C)cccc1Cl. The summed E-state index contributed by atoms with van der Waals surface area (Å²) in [4.78, 5) is -0.0466. The molecule has 0 heterocycles. The highest BCUT2D eigenvalue weighted by atomic mass is 35.5. The number of halogens is 1. The maximum atomic E-state index is 12.1. The molecule has 0 amide bonds. The first-order chi connectivity index (χ1) is 8.29. The van der Waals surface area contributed by atoms with Gasteiger partial charge in [-0.15, -0.1) is 0 Å². The third-order valence-electron chi connectivity index (χ3n) is 2.53. The molecule has 18 heavy (non-hydrogen) atoms. The van der Waals surface area contributed by atoms with E-state index in [4.69, 9.17) is 29.6 Å². The van der Waals surface area contributed by atoms with Crippen LogP contribution in [0.25, 0.3) is 0 Å². The van der Waals surface area contributed by atoms with E-state index in [2.05, 4.69) is 4.72 Å². The van der Waals surface area contributed by atoms with Crippen LogP contribution in [0, 0.1) is 6.92 Å². The van der Waals surface area contributed by atoms with Crippen LogP contribution < -0.4 is 10.5 Å². The number of hydrogen-bond donors (Lipinski definition) is 2. The molecule has 0 spiro atoms. The molecular formula is C11H15ClN2O2S2. The fourth-order valence-electron chi connectivity index (χ4n) is 1.55. The zero-order valence-electron chi connectivity index (χ0n) is 10.1. The summed E-state index contributed by atoms with van der Waals surface area (Å²) in [6.07, 6.45) is 0.314. The minimum Gasteiger partial charge on any atom is -0.392 e. The molecule has 0 aliphatic carbocycles. The Balaban J connectivity index is 3.14. The minimum absolute atomic E-state index is 0.0466. The van der Waals surface area contributed by atoms with Gasteiger partial charge in [-0.25, -0.2) is 8.42 Å². The van der Waals surface area contributed by atoms with Gasteiger partial charge in [0.2, 0.25) is 10.0 Å². The highest BCUT2D eigenvalue weighted by Crippen LogP contribution is 2.27. The summed E-state index contributed by atoms with van der Waals surface area (Å²) in [6.45, 7) is 3.48. The largest absolute Gasteiger partial charge is 0.392 e. The van der Waals surface area contributed by atoms with Crippen LogP contribution in [0.15, 0.2) is 18.2 Å². The van der Waals surface area contributed by atoms with Crippen LogP contribution in [0.2, 0.25) is 5.02 Å². The molecule has 0 aliphatic heterocycles. The van der Waals surface area contributed by atoms with E-state index in [0.29, 0.717) is 17.1 Å². The molecule has 3 N–H and O–H groups in total. The third kappa shape index (κ3) is 3.34. The molecule has 1 aromatic carbocycles. The highest BCUT2D eigenvalue weighted by Gasteiger charge is 2.27. The normalized spacial score (nSPS) is 13.1. The molecule has 0 aliphatic rings. The second-order valence-corrected chi connectivity index (χ2v) is 6.62. The van der Waals surface area contributed by atoms with Crippen LogP contribution in [0.1, 0.15) is 18.9 Å². The number of rotatable bonds is 5. The molecule has 0 bridgehead atoms. The van der Waals surface area contributed by atoms with E-state index in [0.717, 1.165) is 5.56 Å². The summed E-state index contributed by atoms with van der Waals surface area (Å²) in [5, 5.41) is -0.556. The van der Waals surface area contributed by atoms with Crippen molar-refractivity contribution in [3.63, 3.8) is 0 Å². The Morgan fingerprint density at radius 1 is 1.56 bits per heavy atom. The van der Waals surface area contributed by atoms with Crippen molar-refractivity contribution in [2.45, 2.75) is 25.5 Å². The number of anilines is 1. The first-order valence-corrected chi connectivity index (χ1v) is 7.69. The molecule has 0 saturated carbocycles. The Morgan fingerprint density at radius 2 is 2.17 bits per heavy atom. The van der Waals surface area contributed by atoms with Crippen molar-refractivity contribution in [1.29, 1.82) is 0 Å². The topological polar surface area (TPSA) is 72.2 Å². The van der Waals surface area contributed by atoms with Gasteiger partial charge in [-0.1, -0.05) is 42.9 Å². The lowest BCUT2D eigenvalue weighted by Gasteiger charge is -2.18. The second-order valence-electron chi connectivity index (χ2n) is 3.88. The van der Waals surface area contributed by atoms with Crippen molar-refractivity contribution in [3.8, 4) is 0 Å². The molecular weight excluding hydrogens is 292 g/mol. The van der Waals surface area contributed by atoms with Crippen molar-refractivity contribution in [2.75, 3.05) is 4.72 Å². The van der Waals surface area contributed by atoms with Crippen molar-refractivity contribution < 1.29 is 8.42 Å². The average molecular weight is 307 g/mol. The predicted octanol–water partition coefficient (Wildman–Crippen LogP) is 2.45. The molecule has 0 radical (unpaired) electrons. The summed E-state index contributed by atoms with van der Waals surface area (Å²) in [7, 11) is -3.67. The van der Waals surface area contributed by atoms with Crippen LogP contribution in [-0.2, 0) is 10.0 Å². The lowest BCUT2D eigenvalue weighted by atomic mass is 10.2. The summed E-state index contributed by atoms with van der Waals surface area (Å²) in [5.74, 6) is 0. The van der Waals surface area contributed by atoms with Crippen LogP contribution in [0.4, 0.5) is 5.69 Å². The van der Waals surface area contributed by atoms with Gasteiger partial charge in [0.05, 0.1) is 15.7 Å². The van der Waals surface area contributed by atoms with Crippen LogP contribution in [0.3, 0.4) is 0 Å². The van der Waals surface area contributed by atoms with E-state index >= 15 is 0 Å². The number of para-hydroxylation sites is 1. The van der Waals surface area contributed by atoms with Crippen molar-refractivity contribution >= 4 is 44.5 Å². The molecule has 1 atom stereocenters. The zero-order valence-corrected chi connectivity index (χ0v) is 12.5. The van der Waals surface area contributed by atoms with E-state index < -0.39 is 15.3 Å². The van der Waals surface area contributed by atoms with Crippen LogP contribution in [-0.4, -0.2) is 18.7 Å². The first kappa shape index (κ1) is 15.2. The molecule has 0 fully saturated rings. The number of nitrogens with two attached hydrogens (primary N) is 1. The highest BCUT2D eigenvalue weighted by molar-refractivity contribution is 7.95. The fourth-order valence-corrected chi connectivity index (χ4v) is 3.86. The van der Waals surface area contributed by atoms with Gasteiger partial charge >= 0.3 is 0 Å². The fraction of sp³-hybridized carbons (Fsp3) is 0.364. The zero-order chi connectivity index (χ0) is 13.9. The lowest BCUT2D eigenvalue weighted by molar-refractivity contribution is 0.594. The molecule has 1 unspecified atom stereocenters. The predicted molar refractivity (Wildman–Crippen MR) is 79.6 cm³/mol. The molecule has 0 aromatic heterocycles. The number of benzene rings is 1. The molecule has 4 nitrogen and oxygen atoms in total. The van der Waals surface area contributed by atoms with E-state index in [1.165, 1.54) is 0 Å². The third-order valence-corrected chi connectivity index (χ3v) is 5.10. The van der Waals surface area contributed by atoms with Gasteiger partial charge in [0.25, 0.3) is 0 Å². The molecule has 100 valence electrons. The quantitative estimate of drug-likeness (QED) is 0.820. The Labute approximate surface area is 118 Å². The lowest BCUT2D eigenvalue weighted by Crippen LogP contribution is -2.37. The van der Waals surface area contributed by atoms with Crippen LogP contribution >= 0.6 is 23.8 Å². The van der Waals surface area contributed by atoms with E-state index in [9.17, 15) is 8.42 Å². The van der Waals surface area contributed by atoms with Crippen molar-refractivity contribution in [3.05, 3.63) is 28.8 Å². The molecule has 1 aromatic rings. The summed E-state index contributed by atoms with van der Waals surface area (Å²) < 4.78 is 26.7. The Hall–Kier alpha value is -0.850. The minimum atomic E-state index is -3.67. The van der Waals surface area contributed by atoms with Gasteiger partial charge in [-0.2, -0.15) is 0 Å². The first-order valence-electron chi connectivity index (χ1n) is 5.35. The van der Waals surface area contributed by atoms with Gasteiger partial charge in [0.1, 0.15) is 5.25 Å². The summed E-state index contributed by atoms with van der Waals surface area (Å²) in [5.41, 5.74) is 6.55. The maximum absolute atomic E-state index is 12.1. The van der Waals surface area contributed by atoms with Crippen molar-refractivity contribution in [2.24, 2.45) is 5.73 Å². The molecule has 0 saturated heterocycles. The van der Waals surface area contributed by atoms with E-state index in [-0.39, 0.29) is 4.99 Å². The Morgan fingerprint density at radius 3 is 2.61 bits per heavy atom. The van der Waals surface area contributed by atoms with E-state index in [1.54, 1.807) is 32.0 Å². The standard InChI is InChI=1S/C11H15ClN2O2S2/c1-3-9(11(13)17)18(15,16)14-10-7(2)5-4-6-8(10)12/h4-6,9,14H,3H2,1-2H3,(H2,13,17). The number of thiocarbonyl (C=S) groups is 1. The number of nitrogens with one attached hydrogen (secondary N) is 1. The Kier molecular flexibility index (Phi) is 4.95. The monoisotopic (exact) mass is 306 g/mol. The number of aryl methyl sites for hydroxylation is 1. The van der Waals surface area contributed by atoms with Crippen LogP contribution in [0.5, 0.6) is 0 Å². The summed E-state index contributed by atoms with van der Waals surface area (Å²) >= 11 is 10.7. The number of sulfonamides is 1. The maximum Gasteiger partial charge on any atom is 0.242 e. The van der Waals surface area contributed by atoms with Gasteiger partial charge in [0.15, 0.2) is 0 Å². The summed E-state index contributed by atoms with van der Waals surface area (Å²) in [6, 6.07) is 5.14. The number of hydrogen-bond acceptors (Lipinski definition) is 3. The Bertz CT molecular complexity index is 538. The average Bonchev–Trinajstić information content (AvgIpc) is 2.23. The van der Waals surface area contributed by atoms with Gasteiger partial charge in [-0.3, -0.25) is 4.72 Å².